The van der Waals surface area contributed by atoms with Crippen LogP contribution in [-0.2, 0) is 4.79 Å². The van der Waals surface area contributed by atoms with Crippen LogP contribution in [0.15, 0.2) is 18.2 Å². The van der Waals surface area contributed by atoms with E-state index in [2.05, 4.69) is 47.6 Å². The summed E-state index contributed by atoms with van der Waals surface area (Å²) in [6.45, 7) is 8.41. The van der Waals surface area contributed by atoms with Gasteiger partial charge in [-0.3, -0.25) is 4.79 Å². The summed E-state index contributed by atoms with van der Waals surface area (Å²) in [5.74, 6) is 0.703. The lowest BCUT2D eigenvalue weighted by molar-refractivity contribution is -0.117. The number of likely N-dealkylation sites (N-methyl/N-ethyl adjacent to an activating group) is 1. The molecule has 1 unspecified atom stereocenters. The van der Waals surface area contributed by atoms with E-state index in [0.717, 1.165) is 24.3 Å². The number of nitrogens with one attached hydrogen (secondary N) is 2. The highest BCUT2D eigenvalue weighted by atomic mass is 16.2. The molecular formula is C17H25N3O. The third kappa shape index (κ3) is 2.91. The van der Waals surface area contributed by atoms with Crippen molar-refractivity contribution in [3.05, 3.63) is 23.8 Å². The molecule has 2 aliphatic rings. The maximum absolute atomic E-state index is 12.0. The molecule has 1 heterocycles. The minimum Gasteiger partial charge on any atom is -0.368 e. The maximum atomic E-state index is 12.0. The van der Waals surface area contributed by atoms with Crippen molar-refractivity contribution in [2.45, 2.75) is 45.7 Å². The molecule has 0 radical (unpaired) electrons. The van der Waals surface area contributed by atoms with E-state index < -0.39 is 0 Å². The number of hydrogen-bond donors (Lipinski definition) is 2. The summed E-state index contributed by atoms with van der Waals surface area (Å²) in [7, 11) is 0. The molecule has 2 N–H and O–H groups in total. The van der Waals surface area contributed by atoms with Crippen molar-refractivity contribution in [3.8, 4) is 0 Å². The van der Waals surface area contributed by atoms with E-state index in [4.69, 9.17) is 0 Å². The first-order valence-electron chi connectivity index (χ1n) is 8.05. The molecule has 0 aromatic heterocycles. The molecule has 1 fully saturated rings. The van der Waals surface area contributed by atoms with Crippen molar-refractivity contribution in [3.63, 3.8) is 0 Å². The minimum absolute atomic E-state index is 0.0610. The number of nitrogens with zero attached hydrogens (tertiary/aromatic N) is 1. The fourth-order valence-electron chi connectivity index (χ4n) is 3.08. The fraction of sp³-hybridized carbons (Fsp3) is 0.588. The SMILES string of the molecule is CCNC1C(=O)Nc2cc(N(CC(C)C)C3CC3)ccc21. The number of amides is 1. The van der Waals surface area contributed by atoms with Crippen LogP contribution < -0.4 is 15.5 Å². The first kappa shape index (κ1) is 14.4. The Bertz CT molecular complexity index is 537. The van der Waals surface area contributed by atoms with Gasteiger partial charge in [0.05, 0.1) is 0 Å². The van der Waals surface area contributed by atoms with Gasteiger partial charge in [0.15, 0.2) is 0 Å². The predicted octanol–water partition coefficient (Wildman–Crippen LogP) is 2.91. The Labute approximate surface area is 126 Å². The third-order valence-corrected chi connectivity index (χ3v) is 4.16. The number of anilines is 2. The van der Waals surface area contributed by atoms with Gasteiger partial charge in [0.25, 0.3) is 0 Å². The van der Waals surface area contributed by atoms with Gasteiger partial charge in [0.1, 0.15) is 6.04 Å². The van der Waals surface area contributed by atoms with Crippen molar-refractivity contribution < 1.29 is 4.79 Å². The highest BCUT2D eigenvalue weighted by Crippen LogP contribution is 2.38. The number of fused-ring (bicyclic) bond motifs is 1. The van der Waals surface area contributed by atoms with E-state index in [1.54, 1.807) is 0 Å². The van der Waals surface area contributed by atoms with E-state index in [0.29, 0.717) is 12.0 Å². The van der Waals surface area contributed by atoms with Gasteiger partial charge in [-0.15, -0.1) is 0 Å². The van der Waals surface area contributed by atoms with Gasteiger partial charge in [-0.1, -0.05) is 26.8 Å². The van der Waals surface area contributed by atoms with Crippen LogP contribution in [0.3, 0.4) is 0 Å². The Balaban J connectivity index is 1.86. The minimum atomic E-state index is -0.196. The summed E-state index contributed by atoms with van der Waals surface area (Å²) in [6, 6.07) is 6.91. The van der Waals surface area contributed by atoms with Crippen LogP contribution in [0.5, 0.6) is 0 Å². The molecule has 1 atom stereocenters. The number of rotatable bonds is 6. The van der Waals surface area contributed by atoms with Crippen LogP contribution >= 0.6 is 0 Å². The van der Waals surface area contributed by atoms with E-state index in [9.17, 15) is 4.79 Å². The highest BCUT2D eigenvalue weighted by molar-refractivity contribution is 6.03. The molecule has 4 heteroatoms. The van der Waals surface area contributed by atoms with Crippen molar-refractivity contribution in [1.82, 2.24) is 5.32 Å². The molecule has 4 nitrogen and oxygen atoms in total. The Morgan fingerprint density at radius 2 is 2.14 bits per heavy atom. The van der Waals surface area contributed by atoms with Gasteiger partial charge in [0.2, 0.25) is 5.91 Å². The lowest BCUT2D eigenvalue weighted by atomic mass is 10.1. The summed E-state index contributed by atoms with van der Waals surface area (Å²) in [4.78, 5) is 14.5. The zero-order valence-electron chi connectivity index (χ0n) is 13.1. The molecular weight excluding hydrogens is 262 g/mol. The van der Waals surface area contributed by atoms with Gasteiger partial charge in [0, 0.05) is 29.5 Å². The van der Waals surface area contributed by atoms with Crippen LogP contribution in [0, 0.1) is 5.92 Å². The average Bonchev–Trinajstić information content (AvgIpc) is 3.22. The second kappa shape index (κ2) is 5.68. The Morgan fingerprint density at radius 3 is 2.76 bits per heavy atom. The average molecular weight is 287 g/mol. The molecule has 3 rings (SSSR count). The third-order valence-electron chi connectivity index (χ3n) is 4.16. The maximum Gasteiger partial charge on any atom is 0.246 e. The van der Waals surface area contributed by atoms with Gasteiger partial charge < -0.3 is 15.5 Å². The Morgan fingerprint density at radius 1 is 1.38 bits per heavy atom. The Kier molecular flexibility index (Phi) is 3.89. The number of carbonyl (C=O) groups excluding carboxylic acids is 1. The molecule has 1 saturated carbocycles. The van der Waals surface area contributed by atoms with E-state index in [-0.39, 0.29) is 11.9 Å². The van der Waals surface area contributed by atoms with Crippen LogP contribution in [-0.4, -0.2) is 25.0 Å². The largest absolute Gasteiger partial charge is 0.368 e. The first-order valence-corrected chi connectivity index (χ1v) is 8.05. The van der Waals surface area contributed by atoms with Crippen molar-refractivity contribution in [1.29, 1.82) is 0 Å². The quantitative estimate of drug-likeness (QED) is 0.845. The molecule has 1 aliphatic heterocycles. The van der Waals surface area contributed by atoms with Crippen LogP contribution in [0.2, 0.25) is 0 Å². The standard InChI is InChI=1S/C17H25N3O/c1-4-18-16-14-8-7-13(9-15(14)19-17(16)21)20(10-11(2)3)12-5-6-12/h7-9,11-12,16,18H,4-6,10H2,1-3H3,(H,19,21). The van der Waals surface area contributed by atoms with Gasteiger partial charge in [-0.05, 0) is 37.4 Å². The molecule has 1 aromatic rings. The summed E-state index contributed by atoms with van der Waals surface area (Å²) in [5, 5.41) is 6.25. The molecule has 1 aliphatic carbocycles. The molecule has 1 amide bonds. The summed E-state index contributed by atoms with van der Waals surface area (Å²) < 4.78 is 0. The Hall–Kier alpha value is -1.55. The summed E-state index contributed by atoms with van der Waals surface area (Å²) >= 11 is 0. The molecule has 114 valence electrons. The first-order chi connectivity index (χ1) is 10.1. The number of carbonyl (C=O) groups is 1. The lowest BCUT2D eigenvalue weighted by Gasteiger charge is -2.27. The molecule has 1 aromatic carbocycles. The van der Waals surface area contributed by atoms with E-state index >= 15 is 0 Å². The van der Waals surface area contributed by atoms with Gasteiger partial charge in [-0.25, -0.2) is 0 Å². The predicted molar refractivity (Wildman–Crippen MR) is 86.7 cm³/mol. The van der Waals surface area contributed by atoms with Crippen LogP contribution in [0.1, 0.15) is 45.2 Å². The van der Waals surface area contributed by atoms with Crippen LogP contribution in [0.25, 0.3) is 0 Å². The zero-order valence-corrected chi connectivity index (χ0v) is 13.1. The van der Waals surface area contributed by atoms with Crippen molar-refractivity contribution >= 4 is 17.3 Å². The van der Waals surface area contributed by atoms with Crippen molar-refractivity contribution in [2.24, 2.45) is 5.92 Å². The summed E-state index contributed by atoms with van der Waals surface area (Å²) in [6.07, 6.45) is 2.58. The molecule has 21 heavy (non-hydrogen) atoms. The lowest BCUT2D eigenvalue weighted by Crippen LogP contribution is -2.29. The zero-order chi connectivity index (χ0) is 15.0. The smallest absolute Gasteiger partial charge is 0.246 e. The van der Waals surface area contributed by atoms with Gasteiger partial charge >= 0.3 is 0 Å². The van der Waals surface area contributed by atoms with Crippen molar-refractivity contribution in [2.75, 3.05) is 23.3 Å². The molecule has 0 bridgehead atoms. The fourth-order valence-corrected chi connectivity index (χ4v) is 3.08. The second-order valence-electron chi connectivity index (χ2n) is 6.53. The topological polar surface area (TPSA) is 44.4 Å². The molecule has 0 spiro atoms. The second-order valence-corrected chi connectivity index (χ2v) is 6.53. The van der Waals surface area contributed by atoms with E-state index in [1.165, 1.54) is 18.5 Å². The summed E-state index contributed by atoms with van der Waals surface area (Å²) in [5.41, 5.74) is 3.28. The monoisotopic (exact) mass is 287 g/mol. The number of benzene rings is 1. The normalized spacial score (nSPS) is 20.6. The number of hydrogen-bond acceptors (Lipinski definition) is 3. The van der Waals surface area contributed by atoms with E-state index in [1.807, 2.05) is 6.92 Å². The van der Waals surface area contributed by atoms with Crippen LogP contribution in [0.4, 0.5) is 11.4 Å². The highest BCUT2D eigenvalue weighted by Gasteiger charge is 2.33. The molecule has 0 saturated heterocycles. The van der Waals surface area contributed by atoms with Gasteiger partial charge in [-0.2, -0.15) is 0 Å².